The van der Waals surface area contributed by atoms with E-state index in [0.717, 1.165) is 19.4 Å². The van der Waals surface area contributed by atoms with Crippen molar-refractivity contribution in [2.75, 3.05) is 13.1 Å². The normalized spacial score (nSPS) is 12.4. The van der Waals surface area contributed by atoms with Crippen LogP contribution in [-0.2, 0) is 11.3 Å². The van der Waals surface area contributed by atoms with Crippen molar-refractivity contribution in [2.24, 2.45) is 17.6 Å². The Morgan fingerprint density at radius 3 is 2.43 bits per heavy atom. The van der Waals surface area contributed by atoms with Crippen LogP contribution < -0.4 is 5.73 Å². The maximum Gasteiger partial charge on any atom is 0.223 e. The van der Waals surface area contributed by atoms with Crippen molar-refractivity contribution in [1.82, 2.24) is 4.90 Å². The second-order valence-corrected chi connectivity index (χ2v) is 6.24. The molecular weight excluding hydrogens is 260 g/mol. The summed E-state index contributed by atoms with van der Waals surface area (Å²) in [6.45, 7) is 8.58. The van der Waals surface area contributed by atoms with Crippen LogP contribution in [0.1, 0.15) is 45.6 Å². The third-order valence-corrected chi connectivity index (χ3v) is 3.66. The number of nitrogens with zero attached hydrogens (tertiary/aromatic N) is 1. The Bertz CT molecular complexity index is 403. The highest BCUT2D eigenvalue weighted by Gasteiger charge is 2.19. The van der Waals surface area contributed by atoms with Crippen LogP contribution in [0.3, 0.4) is 0 Å². The van der Waals surface area contributed by atoms with Crippen LogP contribution in [0, 0.1) is 11.8 Å². The molecule has 0 aromatic heterocycles. The zero-order valence-corrected chi connectivity index (χ0v) is 13.7. The average molecular weight is 290 g/mol. The molecule has 0 saturated carbocycles. The summed E-state index contributed by atoms with van der Waals surface area (Å²) in [5, 5.41) is 0. The van der Waals surface area contributed by atoms with Gasteiger partial charge in [0.25, 0.3) is 0 Å². The fourth-order valence-corrected chi connectivity index (χ4v) is 2.67. The topological polar surface area (TPSA) is 46.3 Å². The Kier molecular flexibility index (Phi) is 8.06. The van der Waals surface area contributed by atoms with Crippen molar-refractivity contribution in [3.05, 3.63) is 35.9 Å². The molecule has 0 bridgehead atoms. The Morgan fingerprint density at radius 2 is 1.90 bits per heavy atom. The molecular formula is C18H30N2O. The lowest BCUT2D eigenvalue weighted by Gasteiger charge is -2.25. The van der Waals surface area contributed by atoms with E-state index in [9.17, 15) is 4.79 Å². The fourth-order valence-electron chi connectivity index (χ4n) is 2.67. The van der Waals surface area contributed by atoms with Gasteiger partial charge in [-0.2, -0.15) is 0 Å². The SMILES string of the molecule is CCCN(Cc1ccccc1)C(=O)C[C@@H](CN)CC(C)C. The highest BCUT2D eigenvalue weighted by Crippen LogP contribution is 2.17. The standard InChI is InChI=1S/C18H30N2O/c1-4-10-20(14-16-8-6-5-7-9-16)18(21)12-17(13-19)11-15(2)3/h5-9,15,17H,4,10-14,19H2,1-3H3/t17-/m0/s1. The second kappa shape index (κ2) is 9.56. The Hall–Kier alpha value is -1.35. The summed E-state index contributed by atoms with van der Waals surface area (Å²) in [5.41, 5.74) is 7.01. The van der Waals surface area contributed by atoms with E-state index in [1.54, 1.807) is 0 Å². The molecule has 1 aromatic rings. The maximum absolute atomic E-state index is 12.6. The quantitative estimate of drug-likeness (QED) is 0.757. The second-order valence-electron chi connectivity index (χ2n) is 6.24. The van der Waals surface area contributed by atoms with Gasteiger partial charge in [-0.15, -0.1) is 0 Å². The van der Waals surface area contributed by atoms with Crippen LogP contribution in [0.15, 0.2) is 30.3 Å². The first-order valence-electron chi connectivity index (χ1n) is 8.08. The molecule has 1 aromatic carbocycles. The average Bonchev–Trinajstić information content (AvgIpc) is 2.46. The van der Waals surface area contributed by atoms with Gasteiger partial charge >= 0.3 is 0 Å². The molecule has 0 fully saturated rings. The summed E-state index contributed by atoms with van der Waals surface area (Å²) in [5.74, 6) is 1.12. The largest absolute Gasteiger partial charge is 0.338 e. The molecule has 1 rings (SSSR count). The molecule has 0 aliphatic carbocycles. The summed E-state index contributed by atoms with van der Waals surface area (Å²) in [4.78, 5) is 14.5. The molecule has 118 valence electrons. The molecule has 0 spiro atoms. The molecule has 2 N–H and O–H groups in total. The molecule has 0 saturated heterocycles. The molecule has 0 aliphatic heterocycles. The zero-order chi connectivity index (χ0) is 15.7. The fraction of sp³-hybridized carbons (Fsp3) is 0.611. The van der Waals surface area contributed by atoms with Crippen LogP contribution in [0.4, 0.5) is 0 Å². The van der Waals surface area contributed by atoms with E-state index >= 15 is 0 Å². The third kappa shape index (κ3) is 6.76. The molecule has 3 nitrogen and oxygen atoms in total. The van der Waals surface area contributed by atoms with Gasteiger partial charge in [-0.1, -0.05) is 51.1 Å². The van der Waals surface area contributed by atoms with Gasteiger partial charge in [-0.3, -0.25) is 4.79 Å². The van der Waals surface area contributed by atoms with E-state index in [0.29, 0.717) is 31.3 Å². The minimum absolute atomic E-state index is 0.233. The van der Waals surface area contributed by atoms with Crippen LogP contribution >= 0.6 is 0 Å². The summed E-state index contributed by atoms with van der Waals surface area (Å²) < 4.78 is 0. The lowest BCUT2D eigenvalue weighted by Crippen LogP contribution is -2.34. The van der Waals surface area contributed by atoms with Crippen molar-refractivity contribution < 1.29 is 4.79 Å². The number of carbonyl (C=O) groups excluding carboxylic acids is 1. The summed E-state index contributed by atoms with van der Waals surface area (Å²) in [6, 6.07) is 10.2. The highest BCUT2D eigenvalue weighted by atomic mass is 16.2. The molecule has 0 unspecified atom stereocenters. The van der Waals surface area contributed by atoms with Crippen LogP contribution in [0.25, 0.3) is 0 Å². The number of nitrogens with two attached hydrogens (primary N) is 1. The van der Waals surface area contributed by atoms with Crippen molar-refractivity contribution in [3.63, 3.8) is 0 Å². The molecule has 21 heavy (non-hydrogen) atoms. The highest BCUT2D eigenvalue weighted by molar-refractivity contribution is 5.76. The van der Waals surface area contributed by atoms with Crippen molar-refractivity contribution in [2.45, 2.75) is 46.6 Å². The van der Waals surface area contributed by atoms with Crippen LogP contribution in [0.2, 0.25) is 0 Å². The summed E-state index contributed by atoms with van der Waals surface area (Å²) in [6.07, 6.45) is 2.57. The minimum Gasteiger partial charge on any atom is -0.338 e. The van der Waals surface area contributed by atoms with Crippen molar-refractivity contribution in [1.29, 1.82) is 0 Å². The first kappa shape index (κ1) is 17.7. The zero-order valence-electron chi connectivity index (χ0n) is 13.7. The molecule has 0 radical (unpaired) electrons. The van der Waals surface area contributed by atoms with Gasteiger partial charge in [0.05, 0.1) is 0 Å². The number of carbonyl (C=O) groups is 1. The van der Waals surface area contributed by atoms with Gasteiger partial charge in [-0.25, -0.2) is 0 Å². The number of benzene rings is 1. The van der Waals surface area contributed by atoms with E-state index in [1.165, 1.54) is 5.56 Å². The van der Waals surface area contributed by atoms with E-state index < -0.39 is 0 Å². The van der Waals surface area contributed by atoms with E-state index in [1.807, 2.05) is 23.1 Å². The van der Waals surface area contributed by atoms with E-state index in [4.69, 9.17) is 5.73 Å². The lowest BCUT2D eigenvalue weighted by atomic mass is 9.93. The number of hydrogen-bond donors (Lipinski definition) is 1. The van der Waals surface area contributed by atoms with Crippen LogP contribution in [0.5, 0.6) is 0 Å². The molecule has 1 atom stereocenters. The lowest BCUT2D eigenvalue weighted by molar-refractivity contribution is -0.132. The van der Waals surface area contributed by atoms with Crippen LogP contribution in [-0.4, -0.2) is 23.9 Å². The van der Waals surface area contributed by atoms with Crippen molar-refractivity contribution >= 4 is 5.91 Å². The number of amides is 1. The first-order chi connectivity index (χ1) is 10.1. The first-order valence-corrected chi connectivity index (χ1v) is 8.08. The van der Waals surface area contributed by atoms with Gasteiger partial charge in [-0.05, 0) is 36.8 Å². The van der Waals surface area contributed by atoms with Gasteiger partial charge in [0, 0.05) is 19.5 Å². The van der Waals surface area contributed by atoms with Crippen molar-refractivity contribution in [3.8, 4) is 0 Å². The molecule has 1 amide bonds. The van der Waals surface area contributed by atoms with E-state index in [2.05, 4.69) is 32.9 Å². The smallest absolute Gasteiger partial charge is 0.223 e. The number of hydrogen-bond acceptors (Lipinski definition) is 2. The molecule has 0 aliphatic rings. The Balaban J connectivity index is 2.64. The third-order valence-electron chi connectivity index (χ3n) is 3.66. The predicted molar refractivity (Wildman–Crippen MR) is 88.8 cm³/mol. The van der Waals surface area contributed by atoms with E-state index in [-0.39, 0.29) is 5.91 Å². The van der Waals surface area contributed by atoms with Gasteiger partial charge in [0.15, 0.2) is 0 Å². The van der Waals surface area contributed by atoms with Gasteiger partial charge in [0.1, 0.15) is 0 Å². The number of rotatable bonds is 9. The van der Waals surface area contributed by atoms with Gasteiger partial charge < -0.3 is 10.6 Å². The Labute approximate surface area is 129 Å². The minimum atomic E-state index is 0.233. The maximum atomic E-state index is 12.6. The monoisotopic (exact) mass is 290 g/mol. The molecule has 0 heterocycles. The summed E-state index contributed by atoms with van der Waals surface area (Å²) >= 11 is 0. The summed E-state index contributed by atoms with van der Waals surface area (Å²) in [7, 11) is 0. The van der Waals surface area contributed by atoms with Gasteiger partial charge in [0.2, 0.25) is 5.91 Å². The predicted octanol–water partition coefficient (Wildman–Crippen LogP) is 3.44. The molecule has 3 heteroatoms. The Morgan fingerprint density at radius 1 is 1.24 bits per heavy atom.